The average molecular weight is 573 g/mol. The normalized spacial score (nSPS) is 14.1. The van der Waals surface area contributed by atoms with Crippen LogP contribution in [0.5, 0.6) is 5.75 Å². The first kappa shape index (κ1) is 26.4. The second kappa shape index (κ2) is 11.9. The number of ether oxygens (including phenoxy) is 1. The van der Waals surface area contributed by atoms with Crippen LogP contribution in [0.25, 0.3) is 0 Å². The van der Waals surface area contributed by atoms with Crippen LogP contribution in [-0.2, 0) is 23.1 Å². The summed E-state index contributed by atoms with van der Waals surface area (Å²) < 4.78 is 31.6. The van der Waals surface area contributed by atoms with E-state index in [-0.39, 0.29) is 28.9 Å². The first-order valence-corrected chi connectivity index (χ1v) is 11.9. The largest absolute Gasteiger partial charge is 0.493 e. The van der Waals surface area contributed by atoms with Gasteiger partial charge in [0.25, 0.3) is 0 Å². The number of aliphatic imine (C=N–C) groups is 1. The van der Waals surface area contributed by atoms with Crippen molar-refractivity contribution >= 4 is 40.0 Å². The van der Waals surface area contributed by atoms with Gasteiger partial charge in [-0.05, 0) is 55.0 Å². The lowest BCUT2D eigenvalue weighted by atomic mass is 10.1. The minimum atomic E-state index is -3.42. The molecule has 32 heavy (non-hydrogen) atoms. The van der Waals surface area contributed by atoms with Gasteiger partial charge in [0.2, 0.25) is 10.0 Å². The number of nitrogens with one attached hydrogen (secondary N) is 2. The van der Waals surface area contributed by atoms with Crippen LogP contribution < -0.4 is 15.4 Å². The smallest absolute Gasteiger partial charge is 0.242 e. The minimum Gasteiger partial charge on any atom is -0.493 e. The van der Waals surface area contributed by atoms with E-state index in [4.69, 9.17) is 4.74 Å². The van der Waals surface area contributed by atoms with Crippen molar-refractivity contribution in [2.24, 2.45) is 10.9 Å². The average Bonchev–Trinajstić information content (AvgIpc) is 3.58. The predicted molar refractivity (Wildman–Crippen MR) is 139 cm³/mol. The highest BCUT2D eigenvalue weighted by molar-refractivity contribution is 14.0. The highest BCUT2D eigenvalue weighted by Gasteiger charge is 2.22. The van der Waals surface area contributed by atoms with Gasteiger partial charge < -0.3 is 15.4 Å². The summed E-state index contributed by atoms with van der Waals surface area (Å²) in [6.45, 7) is 3.97. The highest BCUT2D eigenvalue weighted by Crippen LogP contribution is 2.30. The fourth-order valence-electron chi connectivity index (χ4n) is 3.01. The maximum Gasteiger partial charge on any atom is 0.242 e. The van der Waals surface area contributed by atoms with Gasteiger partial charge in [0.05, 0.1) is 11.5 Å². The number of rotatable bonds is 9. The lowest BCUT2D eigenvalue weighted by Crippen LogP contribution is -2.36. The summed E-state index contributed by atoms with van der Waals surface area (Å²) >= 11 is 0. The first-order valence-electron chi connectivity index (χ1n) is 10.5. The molecule has 0 aromatic heterocycles. The third kappa shape index (κ3) is 7.35. The summed E-state index contributed by atoms with van der Waals surface area (Å²) in [5.74, 6) is 2.29. The highest BCUT2D eigenvalue weighted by atomic mass is 127. The third-order valence-electron chi connectivity index (χ3n) is 5.23. The summed E-state index contributed by atoms with van der Waals surface area (Å²) in [6.07, 6.45) is 2.52. The Labute approximate surface area is 208 Å². The molecule has 1 saturated carbocycles. The van der Waals surface area contributed by atoms with Crippen molar-refractivity contribution in [3.63, 3.8) is 0 Å². The molecule has 0 atom stereocenters. The first-order chi connectivity index (χ1) is 14.8. The van der Waals surface area contributed by atoms with Gasteiger partial charge in [-0.1, -0.05) is 24.3 Å². The molecule has 2 aromatic rings. The minimum absolute atomic E-state index is 0. The fraction of sp³-hybridized carbons (Fsp3) is 0.435. The molecular formula is C23H33IN4O3S. The maximum atomic E-state index is 12.2. The Kier molecular flexibility index (Phi) is 9.78. The molecule has 0 radical (unpaired) electrons. The van der Waals surface area contributed by atoms with E-state index in [1.165, 1.54) is 36.8 Å². The zero-order valence-electron chi connectivity index (χ0n) is 19.1. The van der Waals surface area contributed by atoms with Gasteiger partial charge in [0.1, 0.15) is 5.75 Å². The van der Waals surface area contributed by atoms with Crippen molar-refractivity contribution in [3.05, 3.63) is 59.2 Å². The Morgan fingerprint density at radius 2 is 1.75 bits per heavy atom. The number of hydrogen-bond donors (Lipinski definition) is 2. The molecular weight excluding hydrogens is 539 g/mol. The van der Waals surface area contributed by atoms with E-state index in [0.717, 1.165) is 23.5 Å². The summed E-state index contributed by atoms with van der Waals surface area (Å²) in [5.41, 5.74) is 3.23. The van der Waals surface area contributed by atoms with Gasteiger partial charge in [-0.3, -0.25) is 4.99 Å². The van der Waals surface area contributed by atoms with Crippen LogP contribution in [0.4, 0.5) is 0 Å². The van der Waals surface area contributed by atoms with E-state index < -0.39 is 10.0 Å². The summed E-state index contributed by atoms with van der Waals surface area (Å²) in [6, 6.07) is 13.1. The number of benzene rings is 2. The molecule has 1 aliphatic carbocycles. The fourth-order valence-corrected chi connectivity index (χ4v) is 3.91. The molecule has 0 bridgehead atoms. The van der Waals surface area contributed by atoms with Gasteiger partial charge in [0.15, 0.2) is 5.96 Å². The van der Waals surface area contributed by atoms with Crippen LogP contribution in [0.1, 0.15) is 29.5 Å². The van der Waals surface area contributed by atoms with Gasteiger partial charge in [-0.25, -0.2) is 12.7 Å². The van der Waals surface area contributed by atoms with Crippen molar-refractivity contribution in [2.75, 3.05) is 27.7 Å². The molecule has 0 aliphatic heterocycles. The molecule has 2 N–H and O–H groups in total. The molecule has 0 heterocycles. The van der Waals surface area contributed by atoms with Crippen molar-refractivity contribution < 1.29 is 13.2 Å². The van der Waals surface area contributed by atoms with Gasteiger partial charge >= 0.3 is 0 Å². The molecule has 7 nitrogen and oxygen atoms in total. The van der Waals surface area contributed by atoms with E-state index >= 15 is 0 Å². The quantitative estimate of drug-likeness (QED) is 0.273. The van der Waals surface area contributed by atoms with E-state index in [2.05, 4.69) is 40.7 Å². The number of hydrogen-bond acceptors (Lipinski definition) is 4. The standard InChI is InChI=1S/C23H32N4O3S.HI/c1-17-5-10-20(22(13-17)30-16-19-6-7-19)15-26-23(24-2)25-14-18-8-11-21(12-9-18)31(28,29)27(3)4;/h5,8-13,19H,6-7,14-16H2,1-4H3,(H2,24,25,26);1H. The van der Waals surface area contributed by atoms with E-state index in [0.29, 0.717) is 25.0 Å². The summed E-state index contributed by atoms with van der Waals surface area (Å²) in [5, 5.41) is 6.59. The maximum absolute atomic E-state index is 12.2. The molecule has 0 saturated heterocycles. The van der Waals surface area contributed by atoms with Crippen molar-refractivity contribution in [2.45, 2.75) is 37.8 Å². The summed E-state index contributed by atoms with van der Waals surface area (Å²) in [7, 11) is 1.36. The Balaban J connectivity index is 0.00000363. The zero-order chi connectivity index (χ0) is 22.4. The van der Waals surface area contributed by atoms with Crippen LogP contribution in [0, 0.1) is 12.8 Å². The van der Waals surface area contributed by atoms with Crippen LogP contribution in [0.15, 0.2) is 52.4 Å². The lowest BCUT2D eigenvalue weighted by Gasteiger charge is -2.16. The molecule has 0 unspecified atom stereocenters. The number of guanidine groups is 1. The van der Waals surface area contributed by atoms with Crippen LogP contribution in [0.3, 0.4) is 0 Å². The van der Waals surface area contributed by atoms with Crippen LogP contribution in [-0.4, -0.2) is 46.4 Å². The molecule has 0 amide bonds. The SMILES string of the molecule is CN=C(NCc1ccc(S(=O)(=O)N(C)C)cc1)NCc1ccc(C)cc1OCC1CC1.I. The Morgan fingerprint density at radius 3 is 2.34 bits per heavy atom. The molecule has 176 valence electrons. The van der Waals surface area contributed by atoms with E-state index in [1.54, 1.807) is 31.3 Å². The van der Waals surface area contributed by atoms with Crippen molar-refractivity contribution in [1.29, 1.82) is 0 Å². The molecule has 1 fully saturated rings. The number of sulfonamides is 1. The second-order valence-electron chi connectivity index (χ2n) is 8.08. The topological polar surface area (TPSA) is 83.0 Å². The number of halogens is 1. The van der Waals surface area contributed by atoms with E-state index in [1.807, 2.05) is 0 Å². The van der Waals surface area contributed by atoms with Gasteiger partial charge in [-0.15, -0.1) is 24.0 Å². The number of nitrogens with zero attached hydrogens (tertiary/aromatic N) is 2. The van der Waals surface area contributed by atoms with Crippen molar-refractivity contribution in [1.82, 2.24) is 14.9 Å². The predicted octanol–water partition coefficient (Wildman–Crippen LogP) is 3.52. The van der Waals surface area contributed by atoms with Crippen LogP contribution >= 0.6 is 24.0 Å². The number of aryl methyl sites for hydroxylation is 1. The molecule has 2 aromatic carbocycles. The Morgan fingerprint density at radius 1 is 1.09 bits per heavy atom. The lowest BCUT2D eigenvalue weighted by molar-refractivity contribution is 0.296. The monoisotopic (exact) mass is 572 g/mol. The summed E-state index contributed by atoms with van der Waals surface area (Å²) in [4.78, 5) is 4.56. The van der Waals surface area contributed by atoms with Gasteiger partial charge in [-0.2, -0.15) is 0 Å². The Hall–Kier alpha value is -1.85. The van der Waals surface area contributed by atoms with E-state index in [9.17, 15) is 8.42 Å². The zero-order valence-corrected chi connectivity index (χ0v) is 22.2. The third-order valence-corrected chi connectivity index (χ3v) is 7.06. The molecule has 3 rings (SSSR count). The molecule has 1 aliphatic rings. The van der Waals surface area contributed by atoms with Crippen molar-refractivity contribution in [3.8, 4) is 5.75 Å². The molecule has 0 spiro atoms. The van der Waals surface area contributed by atoms with Gasteiger partial charge in [0, 0.05) is 39.8 Å². The Bertz CT molecular complexity index is 1020. The molecule has 9 heteroatoms. The van der Waals surface area contributed by atoms with Crippen LogP contribution in [0.2, 0.25) is 0 Å². The second-order valence-corrected chi connectivity index (χ2v) is 10.2.